The van der Waals surface area contributed by atoms with Crippen LogP contribution in [0.25, 0.3) is 66.6 Å². The molecule has 8 rings (SSSR count). The first-order chi connectivity index (χ1) is 26.5. The molecule has 0 radical (unpaired) electrons. The molecule has 270 valence electrons. The second-order valence-electron chi connectivity index (χ2n) is 14.0. The van der Waals surface area contributed by atoms with Crippen LogP contribution >= 0.6 is 0 Å². The van der Waals surface area contributed by atoms with Crippen molar-refractivity contribution < 1.29 is 0 Å². The maximum Gasteiger partial charge on any atom is 0.0565 e. The third-order valence-electron chi connectivity index (χ3n) is 10.3. The molecular weight excluding hydrogens is 665 g/mol. The second kappa shape index (κ2) is 15.4. The summed E-state index contributed by atoms with van der Waals surface area (Å²) in [5.41, 5.74) is 23.1. The topological polar surface area (TPSA) is 134 Å². The molecule has 8 N–H and O–H groups in total. The molecule has 0 saturated heterocycles. The fraction of sp³-hybridized carbons (Fsp3) is 0.174. The number of nitrogens with two attached hydrogens (primary N) is 2. The van der Waals surface area contributed by atoms with Gasteiger partial charge in [0.05, 0.1) is 33.5 Å². The number of pyridine rings is 2. The summed E-state index contributed by atoms with van der Waals surface area (Å²) in [6.07, 6.45) is 1.87. The first-order valence-electron chi connectivity index (χ1n) is 18.8. The molecule has 8 nitrogen and oxygen atoms in total. The van der Waals surface area contributed by atoms with Crippen molar-refractivity contribution >= 4 is 32.9 Å². The van der Waals surface area contributed by atoms with E-state index in [2.05, 4.69) is 105 Å². The number of rotatable bonds is 13. The van der Waals surface area contributed by atoms with Crippen molar-refractivity contribution in [3.8, 4) is 45.0 Å². The normalized spacial score (nSPS) is 11.6. The molecule has 2 aliphatic carbocycles. The van der Waals surface area contributed by atoms with Crippen LogP contribution in [0.4, 0.5) is 11.4 Å². The van der Waals surface area contributed by atoms with Gasteiger partial charge in [0.2, 0.25) is 0 Å². The number of fused-ring (bicyclic) bond motifs is 6. The zero-order valence-corrected chi connectivity index (χ0v) is 30.4. The Balaban J connectivity index is 0.929. The molecule has 0 aromatic heterocycles. The molecule has 0 fully saturated rings. The summed E-state index contributed by atoms with van der Waals surface area (Å²) in [6.45, 7) is 5.09. The number of nitrogen functional groups attached to an aromatic ring is 2. The zero-order chi connectivity index (χ0) is 37.0. The molecule has 4 aromatic carbocycles. The molecule has 0 spiro atoms. The van der Waals surface area contributed by atoms with Gasteiger partial charge >= 0.3 is 0 Å². The van der Waals surface area contributed by atoms with E-state index in [9.17, 15) is 0 Å². The average molecular weight is 711 g/mol. The molecule has 2 heterocycles. The van der Waals surface area contributed by atoms with Crippen molar-refractivity contribution in [2.24, 2.45) is 0 Å². The molecular formula is C46H46N8. The molecule has 0 saturated carbocycles. The van der Waals surface area contributed by atoms with Gasteiger partial charge in [-0.05, 0) is 96.4 Å². The Morgan fingerprint density at radius 2 is 0.870 bits per heavy atom. The number of nitrogens with one attached hydrogen (secondary N) is 4. The average Bonchev–Trinajstić information content (AvgIpc) is 3.18. The lowest BCUT2D eigenvalue weighted by Crippen LogP contribution is -2.29. The summed E-state index contributed by atoms with van der Waals surface area (Å²) in [7, 11) is 0. The van der Waals surface area contributed by atoms with Gasteiger partial charge in [-0.25, -0.2) is 0 Å². The van der Waals surface area contributed by atoms with E-state index in [1.165, 1.54) is 0 Å². The maximum atomic E-state index is 8.44. The molecule has 0 unspecified atom stereocenters. The molecule has 4 aliphatic rings. The van der Waals surface area contributed by atoms with Gasteiger partial charge in [0, 0.05) is 59.5 Å². The number of hydrogen-bond acceptors (Lipinski definition) is 6. The van der Waals surface area contributed by atoms with E-state index in [-0.39, 0.29) is 0 Å². The monoisotopic (exact) mass is 710 g/mol. The van der Waals surface area contributed by atoms with Crippen LogP contribution < -0.4 is 32.8 Å². The van der Waals surface area contributed by atoms with Gasteiger partial charge in [-0.2, -0.15) is 0 Å². The van der Waals surface area contributed by atoms with Crippen molar-refractivity contribution in [2.75, 3.05) is 37.6 Å². The van der Waals surface area contributed by atoms with Crippen LogP contribution in [0.3, 0.4) is 0 Å². The minimum atomic E-state index is 0.503. The standard InChI is InChI=1S/C46H46N8/c47-33-13-17-37-39-19-15-35(49)29-43(39)53(45(41(37)27-33)31-9-3-1-4-10-31)25-7-21-51-23-24-52-22-8-26-54-44-30-36(50)16-20-40(44)38-18-14-34(48)28-42(38)46(54)32-11-5-2-6-12-32/h1-6,9-20,27-30,49-52H,7-8,21-26,47-48H2. The molecule has 2 aliphatic heterocycles. The highest BCUT2D eigenvalue weighted by molar-refractivity contribution is 6.07. The number of benzene rings is 6. The van der Waals surface area contributed by atoms with E-state index >= 15 is 0 Å². The number of hydrogen-bond donors (Lipinski definition) is 6. The summed E-state index contributed by atoms with van der Waals surface area (Å²) in [5.74, 6) is 0. The Morgan fingerprint density at radius 3 is 1.30 bits per heavy atom. The lowest BCUT2D eigenvalue weighted by Gasteiger charge is -2.25. The number of nitrogens with zero attached hydrogens (tertiary/aromatic N) is 2. The lowest BCUT2D eigenvalue weighted by atomic mass is 9.95. The van der Waals surface area contributed by atoms with E-state index in [0.717, 1.165) is 130 Å². The van der Waals surface area contributed by atoms with Crippen LogP contribution in [0.1, 0.15) is 12.8 Å². The highest BCUT2D eigenvalue weighted by Crippen LogP contribution is 2.40. The third kappa shape index (κ3) is 6.97. The molecule has 8 heteroatoms. The van der Waals surface area contributed by atoms with E-state index in [1.54, 1.807) is 0 Å². The van der Waals surface area contributed by atoms with Crippen molar-refractivity contribution in [2.45, 2.75) is 25.9 Å². The highest BCUT2D eigenvalue weighted by atomic mass is 15.0. The van der Waals surface area contributed by atoms with Gasteiger partial charge in [-0.3, -0.25) is 0 Å². The van der Waals surface area contributed by atoms with Gasteiger partial charge in [-0.1, -0.05) is 84.9 Å². The summed E-state index contributed by atoms with van der Waals surface area (Å²) in [5, 5.41) is 29.7. The van der Waals surface area contributed by atoms with Gasteiger partial charge in [0.15, 0.2) is 0 Å². The Hall–Kier alpha value is -6.22. The predicted octanol–water partition coefficient (Wildman–Crippen LogP) is 7.92. The van der Waals surface area contributed by atoms with E-state index in [4.69, 9.17) is 22.3 Å². The Kier molecular flexibility index (Phi) is 9.94. The Bertz CT molecular complexity index is 2440. The van der Waals surface area contributed by atoms with Gasteiger partial charge in [0.1, 0.15) is 0 Å². The van der Waals surface area contributed by atoms with Gasteiger partial charge < -0.3 is 42.1 Å². The zero-order valence-electron chi connectivity index (χ0n) is 30.4. The summed E-state index contributed by atoms with van der Waals surface area (Å²) in [4.78, 5) is 0. The van der Waals surface area contributed by atoms with E-state index in [0.29, 0.717) is 10.7 Å². The van der Waals surface area contributed by atoms with Crippen molar-refractivity contribution in [3.05, 3.63) is 144 Å². The van der Waals surface area contributed by atoms with Crippen molar-refractivity contribution in [1.29, 1.82) is 10.8 Å². The maximum absolute atomic E-state index is 8.44. The summed E-state index contributed by atoms with van der Waals surface area (Å²) < 4.78 is 4.75. The highest BCUT2D eigenvalue weighted by Gasteiger charge is 2.20. The van der Waals surface area contributed by atoms with Gasteiger partial charge in [-0.15, -0.1) is 0 Å². The van der Waals surface area contributed by atoms with Crippen molar-refractivity contribution in [3.63, 3.8) is 0 Å². The molecule has 4 aromatic rings. The lowest BCUT2D eigenvalue weighted by molar-refractivity contribution is 0.546. The molecule has 54 heavy (non-hydrogen) atoms. The fourth-order valence-corrected chi connectivity index (χ4v) is 7.91. The Morgan fingerprint density at radius 1 is 0.444 bits per heavy atom. The SMILES string of the molecule is N=c1ccc2c3ccc(N)cc3c(-c3ccccc3)n(CCCNCCNCCCn3c4cc(=N)ccc-4c4ccc(N)cc4c3-c3ccccc3)c-2c1. The largest absolute Gasteiger partial charge is 0.399 e. The summed E-state index contributed by atoms with van der Waals surface area (Å²) in [6, 6.07) is 45.1. The van der Waals surface area contributed by atoms with Crippen LogP contribution in [0, 0.1) is 10.8 Å². The quantitative estimate of drug-likeness (QED) is 0.0412. The van der Waals surface area contributed by atoms with E-state index in [1.807, 2.05) is 48.5 Å². The predicted molar refractivity (Wildman–Crippen MR) is 223 cm³/mol. The van der Waals surface area contributed by atoms with E-state index < -0.39 is 0 Å². The fourth-order valence-electron chi connectivity index (χ4n) is 7.91. The van der Waals surface area contributed by atoms with Crippen LogP contribution in [-0.4, -0.2) is 35.3 Å². The first kappa shape index (κ1) is 34.8. The van der Waals surface area contributed by atoms with Crippen LogP contribution in [0.5, 0.6) is 0 Å². The minimum absolute atomic E-state index is 0.503. The van der Waals surface area contributed by atoms with Gasteiger partial charge in [0.25, 0.3) is 0 Å². The third-order valence-corrected chi connectivity index (χ3v) is 10.3. The molecule has 0 atom stereocenters. The first-order valence-corrected chi connectivity index (χ1v) is 18.8. The molecule has 0 amide bonds. The van der Waals surface area contributed by atoms with Crippen LogP contribution in [0.2, 0.25) is 0 Å². The second-order valence-corrected chi connectivity index (χ2v) is 14.0. The Labute approximate surface area is 315 Å². The molecule has 0 bridgehead atoms. The number of aromatic nitrogens is 2. The van der Waals surface area contributed by atoms with Crippen LogP contribution in [-0.2, 0) is 13.1 Å². The minimum Gasteiger partial charge on any atom is -0.399 e. The van der Waals surface area contributed by atoms with Crippen LogP contribution in [0.15, 0.2) is 133 Å². The smallest absolute Gasteiger partial charge is 0.0565 e. The van der Waals surface area contributed by atoms with Crippen molar-refractivity contribution in [1.82, 2.24) is 19.8 Å². The summed E-state index contributed by atoms with van der Waals surface area (Å²) >= 11 is 0. The number of anilines is 2.